The minimum absolute atomic E-state index is 0.0237. The summed E-state index contributed by atoms with van der Waals surface area (Å²) < 4.78 is 31.2. The minimum Gasteiger partial charge on any atom is -0.462 e. The van der Waals surface area contributed by atoms with Gasteiger partial charge >= 0.3 is 11.9 Å². The second-order valence-electron chi connectivity index (χ2n) is 12.6. The summed E-state index contributed by atoms with van der Waals surface area (Å²) in [6.45, 7) is 7.99. The van der Waals surface area contributed by atoms with Crippen LogP contribution in [0.5, 0.6) is 0 Å². The van der Waals surface area contributed by atoms with Crippen LogP contribution in [0.25, 0.3) is 0 Å². The van der Waals surface area contributed by atoms with Crippen LogP contribution in [-0.2, 0) is 33.3 Å². The summed E-state index contributed by atoms with van der Waals surface area (Å²) in [5, 5.41) is 0. The molecule has 6 aliphatic rings. The average Bonchev–Trinajstić information content (AvgIpc) is 3.26. The van der Waals surface area contributed by atoms with E-state index in [9.17, 15) is 9.59 Å². The smallest absolute Gasteiger partial charge is 0.302 e. The summed E-state index contributed by atoms with van der Waals surface area (Å²) >= 11 is 0. The summed E-state index contributed by atoms with van der Waals surface area (Å²) in [5.74, 6) is 0.595. The molecule has 6 rings (SSSR count). The van der Waals surface area contributed by atoms with Crippen LogP contribution in [-0.4, -0.2) is 87.8 Å². The maximum Gasteiger partial charge on any atom is 0.302 e. The van der Waals surface area contributed by atoms with Crippen molar-refractivity contribution >= 4 is 11.9 Å². The number of carbonyl (C=O) groups is 2. The third-order valence-electron chi connectivity index (χ3n) is 11.8. The molecule has 0 N–H and O–H groups in total. The molecule has 202 valence electrons. The molecule has 8 heteroatoms. The van der Waals surface area contributed by atoms with E-state index in [-0.39, 0.29) is 70.8 Å². The van der Waals surface area contributed by atoms with Gasteiger partial charge in [-0.1, -0.05) is 6.92 Å². The molecule has 36 heavy (non-hydrogen) atoms. The number of hydrogen-bond acceptors (Lipinski definition) is 8. The second kappa shape index (κ2) is 8.39. The normalized spacial score (nSPS) is 52.2. The lowest BCUT2D eigenvalue weighted by Crippen LogP contribution is -2.77. The third kappa shape index (κ3) is 2.85. The van der Waals surface area contributed by atoms with E-state index in [0.29, 0.717) is 5.92 Å². The molecule has 5 aliphatic carbocycles. The highest BCUT2D eigenvalue weighted by Crippen LogP contribution is 2.79. The van der Waals surface area contributed by atoms with Crippen molar-refractivity contribution in [3.63, 3.8) is 0 Å². The third-order valence-corrected chi connectivity index (χ3v) is 11.8. The topological polar surface area (TPSA) is 83.5 Å². The fourth-order valence-corrected chi connectivity index (χ4v) is 11.3. The van der Waals surface area contributed by atoms with Crippen LogP contribution in [0.3, 0.4) is 0 Å². The van der Waals surface area contributed by atoms with E-state index in [1.165, 1.54) is 6.92 Å². The molecule has 8 nitrogen and oxygen atoms in total. The molecule has 0 aromatic carbocycles. The Balaban J connectivity index is 1.59. The largest absolute Gasteiger partial charge is 0.462 e. The average molecular weight is 506 g/mol. The van der Waals surface area contributed by atoms with Crippen molar-refractivity contribution in [1.29, 1.82) is 0 Å². The zero-order valence-electron chi connectivity index (χ0n) is 22.7. The number of ether oxygens (including phenoxy) is 5. The zero-order valence-corrected chi connectivity index (χ0v) is 22.7. The Morgan fingerprint density at radius 1 is 1.03 bits per heavy atom. The monoisotopic (exact) mass is 505 g/mol. The van der Waals surface area contributed by atoms with Crippen molar-refractivity contribution in [2.45, 2.75) is 82.8 Å². The van der Waals surface area contributed by atoms with Gasteiger partial charge in [0.2, 0.25) is 0 Å². The molecule has 0 amide bonds. The van der Waals surface area contributed by atoms with Gasteiger partial charge in [0.1, 0.15) is 12.2 Å². The van der Waals surface area contributed by atoms with Gasteiger partial charge in [-0.2, -0.15) is 0 Å². The van der Waals surface area contributed by atoms with Gasteiger partial charge in [0.05, 0.1) is 18.3 Å². The Labute approximate surface area is 214 Å². The summed E-state index contributed by atoms with van der Waals surface area (Å²) in [6, 6.07) is 0.260. The van der Waals surface area contributed by atoms with E-state index >= 15 is 0 Å². The number of esters is 2. The van der Waals surface area contributed by atoms with Crippen LogP contribution in [0.4, 0.5) is 0 Å². The fraction of sp³-hybridized carbons (Fsp3) is 0.929. The lowest BCUT2D eigenvalue weighted by Gasteiger charge is -2.69. The molecule has 12 atom stereocenters. The molecule has 1 heterocycles. The van der Waals surface area contributed by atoms with Gasteiger partial charge < -0.3 is 23.7 Å². The van der Waals surface area contributed by atoms with Crippen LogP contribution >= 0.6 is 0 Å². The van der Waals surface area contributed by atoms with Gasteiger partial charge in [-0.05, 0) is 44.1 Å². The first kappa shape index (κ1) is 25.1. The molecular formula is C28H43NO7. The Morgan fingerprint density at radius 2 is 1.78 bits per heavy atom. The first-order chi connectivity index (χ1) is 17.2. The van der Waals surface area contributed by atoms with Crippen molar-refractivity contribution in [3.8, 4) is 0 Å². The first-order valence-corrected chi connectivity index (χ1v) is 13.9. The summed E-state index contributed by atoms with van der Waals surface area (Å²) in [5.41, 5.74) is -0.622. The van der Waals surface area contributed by atoms with Crippen LogP contribution in [0.15, 0.2) is 0 Å². The maximum atomic E-state index is 12.5. The molecular weight excluding hydrogens is 462 g/mol. The molecule has 0 aromatic rings. The molecule has 5 saturated carbocycles. The number of hydrogen-bond donors (Lipinski definition) is 0. The number of fused-ring (bicyclic) bond motifs is 2. The Bertz CT molecular complexity index is 928. The molecule has 1 aliphatic heterocycles. The van der Waals surface area contributed by atoms with Gasteiger partial charge in [0.15, 0.2) is 0 Å². The molecule has 0 aromatic heterocycles. The molecule has 0 unspecified atom stereocenters. The van der Waals surface area contributed by atoms with E-state index in [2.05, 4.69) is 11.8 Å². The maximum absolute atomic E-state index is 12.5. The molecule has 1 saturated heterocycles. The van der Waals surface area contributed by atoms with Gasteiger partial charge in [0.25, 0.3) is 0 Å². The highest BCUT2D eigenvalue weighted by molar-refractivity contribution is 5.67. The van der Waals surface area contributed by atoms with Crippen LogP contribution in [0, 0.1) is 40.4 Å². The van der Waals surface area contributed by atoms with Gasteiger partial charge in [0, 0.05) is 82.8 Å². The van der Waals surface area contributed by atoms with Gasteiger partial charge in [-0.3, -0.25) is 14.5 Å². The van der Waals surface area contributed by atoms with E-state index in [4.69, 9.17) is 23.7 Å². The van der Waals surface area contributed by atoms with E-state index in [0.717, 1.165) is 51.8 Å². The SMILES string of the molecule is CCN1C[C@]2(COC)CC[C@H](OC(C)=O)[C@@]34[C@@H]5C[C@H]6[C@H](OC(C)=O)[C@@H]5[C@](OC)(C[C@@H]6OC)[C@@H](C[C@H]23)[C@@H]14. The first-order valence-electron chi connectivity index (χ1n) is 13.9. The van der Waals surface area contributed by atoms with E-state index < -0.39 is 5.60 Å². The van der Waals surface area contributed by atoms with Crippen LogP contribution < -0.4 is 0 Å². The standard InChI is InChI=1S/C28H43NO7/c1-7-29-13-26(14-32-4)9-8-22(35-15(2)30)28-18-10-17-20(33-5)12-27(34-6,19(25(28)29)11-21(26)28)23(18)24(17)36-16(3)31/h17-25H,7-14H2,1-6H3/t17-,18-,19+,20+,21-,22+,23-,24+,25-,26+,27+,28-/m1/s1. The number of rotatable bonds is 7. The van der Waals surface area contributed by atoms with E-state index in [1.54, 1.807) is 14.0 Å². The molecule has 6 fully saturated rings. The highest BCUT2D eigenvalue weighted by atomic mass is 16.6. The Kier molecular flexibility index (Phi) is 5.84. The Morgan fingerprint density at radius 3 is 2.39 bits per heavy atom. The van der Waals surface area contributed by atoms with Gasteiger partial charge in [-0.25, -0.2) is 0 Å². The Hall–Kier alpha value is -1.22. The highest BCUT2D eigenvalue weighted by Gasteiger charge is 2.85. The minimum atomic E-state index is -0.441. The predicted molar refractivity (Wildman–Crippen MR) is 130 cm³/mol. The lowest BCUT2D eigenvalue weighted by molar-refractivity contribution is -0.281. The zero-order chi connectivity index (χ0) is 25.6. The number of nitrogens with zero attached hydrogens (tertiary/aromatic N) is 1. The van der Waals surface area contributed by atoms with Crippen molar-refractivity contribution in [1.82, 2.24) is 4.90 Å². The van der Waals surface area contributed by atoms with Crippen LogP contribution in [0.2, 0.25) is 0 Å². The van der Waals surface area contributed by atoms with Crippen molar-refractivity contribution in [2.24, 2.45) is 40.4 Å². The summed E-state index contributed by atoms with van der Waals surface area (Å²) in [6.07, 6.45) is 4.20. The fourth-order valence-electron chi connectivity index (χ4n) is 11.3. The number of likely N-dealkylation sites (tertiary alicyclic amines) is 1. The summed E-state index contributed by atoms with van der Waals surface area (Å²) in [7, 11) is 5.45. The van der Waals surface area contributed by atoms with Crippen LogP contribution in [0.1, 0.15) is 52.9 Å². The van der Waals surface area contributed by atoms with Gasteiger partial charge in [-0.15, -0.1) is 0 Å². The predicted octanol–water partition coefficient (Wildman–Crippen LogP) is 2.67. The number of piperidine rings is 1. The molecule has 0 radical (unpaired) electrons. The summed E-state index contributed by atoms with van der Waals surface area (Å²) in [4.78, 5) is 27.6. The number of carbonyl (C=O) groups excluding carboxylic acids is 2. The second-order valence-corrected chi connectivity index (χ2v) is 12.6. The van der Waals surface area contributed by atoms with Crippen molar-refractivity contribution < 1.29 is 33.3 Å². The molecule has 7 bridgehead atoms. The molecule has 1 spiro atoms. The van der Waals surface area contributed by atoms with Crippen molar-refractivity contribution in [3.05, 3.63) is 0 Å². The van der Waals surface area contributed by atoms with E-state index in [1.807, 2.05) is 14.2 Å². The lowest BCUT2D eigenvalue weighted by atomic mass is 9.43. The number of methoxy groups -OCH3 is 3. The quantitative estimate of drug-likeness (QED) is 0.489. The van der Waals surface area contributed by atoms with Crippen molar-refractivity contribution in [2.75, 3.05) is 41.0 Å².